The van der Waals surface area contributed by atoms with E-state index in [2.05, 4.69) is 15.3 Å². The highest BCUT2D eigenvalue weighted by molar-refractivity contribution is 7.91. The minimum absolute atomic E-state index is 0.0669. The van der Waals surface area contributed by atoms with Crippen LogP contribution in [-0.4, -0.2) is 34.6 Å². The third-order valence-corrected chi connectivity index (χ3v) is 7.65. The quantitative estimate of drug-likeness (QED) is 0.497. The summed E-state index contributed by atoms with van der Waals surface area (Å²) in [6, 6.07) is 12.3. The Morgan fingerprint density at radius 1 is 1.17 bits per heavy atom. The molecule has 0 aliphatic carbocycles. The number of hydrogen-bond donors (Lipinski definition) is 1. The Morgan fingerprint density at radius 2 is 1.93 bits per heavy atom. The molecule has 0 bridgehead atoms. The van der Waals surface area contributed by atoms with E-state index in [1.54, 1.807) is 41.7 Å². The fourth-order valence-electron chi connectivity index (χ4n) is 3.53. The number of rotatable bonds is 3. The van der Waals surface area contributed by atoms with E-state index >= 15 is 0 Å². The molecule has 0 unspecified atom stereocenters. The maximum atomic E-state index is 13.2. The molecule has 2 aromatic heterocycles. The van der Waals surface area contributed by atoms with Crippen LogP contribution in [0.5, 0.6) is 0 Å². The summed E-state index contributed by atoms with van der Waals surface area (Å²) in [4.78, 5) is 22.0. The van der Waals surface area contributed by atoms with E-state index in [1.165, 1.54) is 4.57 Å². The second-order valence-corrected chi connectivity index (χ2v) is 10.6. The molecule has 152 valence electrons. The first-order valence-electron chi connectivity index (χ1n) is 9.09. The van der Waals surface area contributed by atoms with Crippen molar-refractivity contribution in [3.05, 3.63) is 58.2 Å². The highest BCUT2D eigenvalue weighted by atomic mass is 35.5. The van der Waals surface area contributed by atoms with Crippen molar-refractivity contribution in [1.82, 2.24) is 14.5 Å². The maximum absolute atomic E-state index is 13.2. The van der Waals surface area contributed by atoms with Gasteiger partial charge in [0.2, 0.25) is 15.0 Å². The number of fused-ring (bicyclic) bond motifs is 2. The number of hydrogen-bond acceptors (Lipinski definition) is 6. The van der Waals surface area contributed by atoms with E-state index in [0.29, 0.717) is 22.0 Å². The average Bonchev–Trinajstić information content (AvgIpc) is 3.34. The summed E-state index contributed by atoms with van der Waals surface area (Å²) in [7, 11) is -3.52. The predicted molar refractivity (Wildman–Crippen MR) is 117 cm³/mol. The normalized spacial score (nSPS) is 14.7. The third kappa shape index (κ3) is 3.19. The number of imidazole rings is 1. The number of benzene rings is 2. The van der Waals surface area contributed by atoms with Crippen molar-refractivity contribution in [2.75, 3.05) is 11.1 Å². The third-order valence-electron chi connectivity index (χ3n) is 4.88. The van der Waals surface area contributed by atoms with Crippen LogP contribution in [-0.2, 0) is 16.4 Å². The molecule has 0 saturated carbocycles. The van der Waals surface area contributed by atoms with E-state index in [4.69, 9.17) is 11.6 Å². The Labute approximate surface area is 181 Å². The SMILES string of the molecule is Cc1nc2ccc(NC(=O)c3c(-c4ccc(Cl)cc4)nc4n3CCS4(=O)=O)cc2s1. The summed E-state index contributed by atoms with van der Waals surface area (Å²) < 4.78 is 27.2. The van der Waals surface area contributed by atoms with Crippen molar-refractivity contribution in [2.45, 2.75) is 18.6 Å². The van der Waals surface area contributed by atoms with E-state index in [-0.39, 0.29) is 23.1 Å². The minimum atomic E-state index is -3.52. The first-order chi connectivity index (χ1) is 14.3. The largest absolute Gasteiger partial charge is 0.321 e. The molecule has 0 spiro atoms. The number of nitrogens with zero attached hydrogens (tertiary/aromatic N) is 3. The zero-order chi connectivity index (χ0) is 21.0. The molecule has 5 rings (SSSR count). The van der Waals surface area contributed by atoms with Gasteiger partial charge in [0.25, 0.3) is 5.91 Å². The molecule has 3 heterocycles. The number of aryl methyl sites for hydroxylation is 1. The molecule has 10 heteroatoms. The first kappa shape index (κ1) is 19.2. The zero-order valence-electron chi connectivity index (χ0n) is 15.7. The highest BCUT2D eigenvalue weighted by Gasteiger charge is 2.35. The van der Waals surface area contributed by atoms with Crippen LogP contribution in [0.15, 0.2) is 47.6 Å². The van der Waals surface area contributed by atoms with Crippen LogP contribution in [0, 0.1) is 6.92 Å². The van der Waals surface area contributed by atoms with Gasteiger partial charge in [-0.3, -0.25) is 4.79 Å². The number of nitrogens with one attached hydrogen (secondary N) is 1. The Morgan fingerprint density at radius 3 is 2.70 bits per heavy atom. The summed E-state index contributed by atoms with van der Waals surface area (Å²) in [6.45, 7) is 2.12. The van der Waals surface area contributed by atoms with Gasteiger partial charge in [-0.15, -0.1) is 11.3 Å². The first-order valence-corrected chi connectivity index (χ1v) is 11.9. The van der Waals surface area contributed by atoms with E-state index in [1.807, 2.05) is 19.1 Å². The fourth-order valence-corrected chi connectivity index (χ4v) is 5.87. The average molecular weight is 459 g/mol. The van der Waals surface area contributed by atoms with Crippen LogP contribution in [0.1, 0.15) is 15.5 Å². The van der Waals surface area contributed by atoms with Gasteiger partial charge in [-0.25, -0.2) is 18.4 Å². The number of thiazole rings is 1. The number of sulfone groups is 1. The lowest BCUT2D eigenvalue weighted by Crippen LogP contribution is -2.17. The topological polar surface area (TPSA) is 93.9 Å². The highest BCUT2D eigenvalue weighted by Crippen LogP contribution is 2.32. The molecule has 30 heavy (non-hydrogen) atoms. The van der Waals surface area contributed by atoms with Crippen molar-refractivity contribution in [1.29, 1.82) is 0 Å². The van der Waals surface area contributed by atoms with Gasteiger partial charge >= 0.3 is 0 Å². The van der Waals surface area contributed by atoms with Gasteiger partial charge in [-0.2, -0.15) is 0 Å². The molecule has 4 aromatic rings. The Kier molecular flexibility index (Phi) is 4.42. The molecule has 2 aromatic carbocycles. The predicted octanol–water partition coefficient (Wildman–Crippen LogP) is 4.16. The van der Waals surface area contributed by atoms with E-state index in [0.717, 1.165) is 15.2 Å². The second-order valence-electron chi connectivity index (χ2n) is 6.94. The summed E-state index contributed by atoms with van der Waals surface area (Å²) in [5, 5.41) is 4.29. The number of anilines is 1. The van der Waals surface area contributed by atoms with Crippen molar-refractivity contribution in [3.8, 4) is 11.3 Å². The lowest BCUT2D eigenvalue weighted by molar-refractivity contribution is 0.101. The van der Waals surface area contributed by atoms with Gasteiger partial charge in [-0.05, 0) is 37.3 Å². The van der Waals surface area contributed by atoms with Crippen LogP contribution < -0.4 is 5.32 Å². The standard InChI is InChI=1S/C20H15ClN4O3S2/c1-11-22-15-7-6-14(10-16(15)29-11)23-19(26)18-17(12-2-4-13(21)5-3-12)24-20-25(18)8-9-30(20,27)28/h2-7,10H,8-9H2,1H3,(H,23,26). The molecule has 1 N–H and O–H groups in total. The van der Waals surface area contributed by atoms with Gasteiger partial charge in [0.15, 0.2) is 0 Å². The molecule has 0 fully saturated rings. The number of aromatic nitrogens is 3. The number of halogens is 1. The summed E-state index contributed by atoms with van der Waals surface area (Å²) in [5.74, 6) is -0.487. The van der Waals surface area contributed by atoms with E-state index < -0.39 is 15.7 Å². The summed E-state index contributed by atoms with van der Waals surface area (Å²) >= 11 is 7.51. The van der Waals surface area contributed by atoms with Gasteiger partial charge in [0.05, 0.1) is 21.0 Å². The molecule has 0 saturated heterocycles. The molecule has 1 aliphatic rings. The van der Waals surface area contributed by atoms with Crippen molar-refractivity contribution < 1.29 is 13.2 Å². The number of amides is 1. The molecule has 1 aliphatic heterocycles. The van der Waals surface area contributed by atoms with Crippen molar-refractivity contribution >= 4 is 54.6 Å². The van der Waals surface area contributed by atoms with Crippen LogP contribution in [0.2, 0.25) is 5.02 Å². The molecular weight excluding hydrogens is 444 g/mol. The monoisotopic (exact) mass is 458 g/mol. The molecule has 0 atom stereocenters. The summed E-state index contributed by atoms with van der Waals surface area (Å²) in [5.41, 5.74) is 2.63. The molecule has 7 nitrogen and oxygen atoms in total. The van der Waals surface area contributed by atoms with Crippen LogP contribution >= 0.6 is 22.9 Å². The Balaban J connectivity index is 1.59. The maximum Gasteiger partial charge on any atom is 0.274 e. The van der Waals surface area contributed by atoms with Crippen LogP contribution in [0.25, 0.3) is 21.5 Å². The van der Waals surface area contributed by atoms with Gasteiger partial charge in [0, 0.05) is 22.8 Å². The van der Waals surface area contributed by atoms with Crippen molar-refractivity contribution in [3.63, 3.8) is 0 Å². The lowest BCUT2D eigenvalue weighted by atomic mass is 10.1. The Hall–Kier alpha value is -2.75. The molecular formula is C20H15ClN4O3S2. The van der Waals surface area contributed by atoms with Gasteiger partial charge < -0.3 is 9.88 Å². The minimum Gasteiger partial charge on any atom is -0.321 e. The second kappa shape index (κ2) is 6.90. The van der Waals surface area contributed by atoms with Gasteiger partial charge in [-0.1, -0.05) is 23.7 Å². The Bertz CT molecular complexity index is 1420. The molecule has 1 amide bonds. The van der Waals surface area contributed by atoms with Crippen LogP contribution in [0.4, 0.5) is 5.69 Å². The number of carbonyl (C=O) groups is 1. The summed E-state index contributed by atoms with van der Waals surface area (Å²) in [6.07, 6.45) is 0. The lowest BCUT2D eigenvalue weighted by Gasteiger charge is -2.09. The van der Waals surface area contributed by atoms with Crippen molar-refractivity contribution in [2.24, 2.45) is 0 Å². The molecule has 0 radical (unpaired) electrons. The van der Waals surface area contributed by atoms with E-state index in [9.17, 15) is 13.2 Å². The number of carbonyl (C=O) groups excluding carboxylic acids is 1. The smallest absolute Gasteiger partial charge is 0.274 e. The van der Waals surface area contributed by atoms with Gasteiger partial charge in [0.1, 0.15) is 11.4 Å². The van der Waals surface area contributed by atoms with Crippen LogP contribution in [0.3, 0.4) is 0 Å². The fraction of sp³-hybridized carbons (Fsp3) is 0.150. The zero-order valence-corrected chi connectivity index (χ0v) is 18.1.